The lowest BCUT2D eigenvalue weighted by Gasteiger charge is -2.08. The van der Waals surface area contributed by atoms with E-state index in [-0.39, 0.29) is 11.7 Å². The normalized spacial score (nSPS) is 12.2. The minimum atomic E-state index is -3.18. The van der Waals surface area contributed by atoms with Crippen molar-refractivity contribution in [2.75, 3.05) is 12.8 Å². The second-order valence-corrected chi connectivity index (χ2v) is 6.57. The Hall–Kier alpha value is -1.18. The van der Waals surface area contributed by atoms with Crippen molar-refractivity contribution in [3.63, 3.8) is 0 Å². The van der Waals surface area contributed by atoms with E-state index in [2.05, 4.69) is 9.71 Å². The van der Waals surface area contributed by atoms with Gasteiger partial charge >= 0.3 is 0 Å². The SMILES string of the molecule is CS(=O)(=O)NCCCn1c(CCl)nc2cc(F)ccc21. The van der Waals surface area contributed by atoms with Crippen LogP contribution in [0.5, 0.6) is 0 Å². The van der Waals surface area contributed by atoms with Crippen LogP contribution in [0.15, 0.2) is 18.2 Å². The van der Waals surface area contributed by atoms with Crippen LogP contribution in [-0.4, -0.2) is 30.8 Å². The maximum absolute atomic E-state index is 13.2. The number of nitrogens with zero attached hydrogens (tertiary/aromatic N) is 2. The molecule has 0 aliphatic heterocycles. The lowest BCUT2D eigenvalue weighted by atomic mass is 10.3. The summed E-state index contributed by atoms with van der Waals surface area (Å²) < 4.78 is 39.4. The first-order chi connectivity index (χ1) is 9.40. The van der Waals surface area contributed by atoms with Crippen molar-refractivity contribution in [3.05, 3.63) is 29.8 Å². The van der Waals surface area contributed by atoms with Gasteiger partial charge in [0.2, 0.25) is 10.0 Å². The van der Waals surface area contributed by atoms with Gasteiger partial charge in [-0.05, 0) is 18.6 Å². The molecule has 0 saturated carbocycles. The van der Waals surface area contributed by atoms with Crippen molar-refractivity contribution in [1.29, 1.82) is 0 Å². The zero-order valence-electron chi connectivity index (χ0n) is 10.9. The lowest BCUT2D eigenvalue weighted by Crippen LogP contribution is -2.24. The van der Waals surface area contributed by atoms with Crippen LogP contribution < -0.4 is 4.72 Å². The number of alkyl halides is 1. The Morgan fingerprint density at radius 2 is 2.20 bits per heavy atom. The first-order valence-electron chi connectivity index (χ1n) is 6.06. The number of nitrogens with one attached hydrogen (secondary N) is 1. The van der Waals surface area contributed by atoms with Crippen molar-refractivity contribution in [1.82, 2.24) is 14.3 Å². The van der Waals surface area contributed by atoms with Gasteiger partial charge in [-0.25, -0.2) is 22.5 Å². The molecule has 110 valence electrons. The van der Waals surface area contributed by atoms with Gasteiger partial charge in [0.15, 0.2) is 0 Å². The summed E-state index contributed by atoms with van der Waals surface area (Å²) in [4.78, 5) is 4.27. The monoisotopic (exact) mass is 319 g/mol. The van der Waals surface area contributed by atoms with Crippen LogP contribution in [-0.2, 0) is 22.4 Å². The fourth-order valence-electron chi connectivity index (χ4n) is 2.00. The molecule has 0 aliphatic carbocycles. The van der Waals surface area contributed by atoms with Crippen LogP contribution in [0.1, 0.15) is 12.2 Å². The third-order valence-corrected chi connectivity index (χ3v) is 3.80. The second kappa shape index (κ2) is 6.07. The molecule has 1 aromatic carbocycles. The van der Waals surface area contributed by atoms with E-state index in [1.54, 1.807) is 6.07 Å². The molecule has 0 amide bonds. The Labute approximate surface area is 121 Å². The maximum atomic E-state index is 13.2. The minimum Gasteiger partial charge on any atom is -0.327 e. The molecule has 0 radical (unpaired) electrons. The van der Waals surface area contributed by atoms with E-state index in [0.717, 1.165) is 11.8 Å². The number of benzene rings is 1. The van der Waals surface area contributed by atoms with Gasteiger partial charge in [-0.15, -0.1) is 11.6 Å². The molecule has 0 saturated heterocycles. The smallest absolute Gasteiger partial charge is 0.208 e. The Balaban J connectivity index is 2.16. The third-order valence-electron chi connectivity index (χ3n) is 2.83. The quantitative estimate of drug-likeness (QED) is 0.653. The number of hydrogen-bond donors (Lipinski definition) is 1. The van der Waals surface area contributed by atoms with Crippen LogP contribution in [0.2, 0.25) is 0 Å². The van der Waals surface area contributed by atoms with Crippen LogP contribution in [0.4, 0.5) is 4.39 Å². The highest BCUT2D eigenvalue weighted by atomic mass is 35.5. The largest absolute Gasteiger partial charge is 0.327 e. The van der Waals surface area contributed by atoms with E-state index in [0.29, 0.717) is 30.9 Å². The van der Waals surface area contributed by atoms with E-state index in [1.165, 1.54) is 12.1 Å². The Morgan fingerprint density at radius 1 is 1.45 bits per heavy atom. The number of hydrogen-bond acceptors (Lipinski definition) is 3. The summed E-state index contributed by atoms with van der Waals surface area (Å²) in [5.74, 6) is 0.518. The Kier molecular flexibility index (Phi) is 4.62. The average Bonchev–Trinajstić information content (AvgIpc) is 2.70. The summed E-state index contributed by atoms with van der Waals surface area (Å²) in [5, 5.41) is 0. The molecular weight excluding hydrogens is 305 g/mol. The highest BCUT2D eigenvalue weighted by Crippen LogP contribution is 2.19. The summed E-state index contributed by atoms with van der Waals surface area (Å²) in [6.45, 7) is 0.897. The fraction of sp³-hybridized carbons (Fsp3) is 0.417. The van der Waals surface area contributed by atoms with Gasteiger partial charge in [-0.2, -0.15) is 0 Å². The molecule has 20 heavy (non-hydrogen) atoms. The van der Waals surface area contributed by atoms with E-state index in [4.69, 9.17) is 11.6 Å². The predicted molar refractivity (Wildman–Crippen MR) is 76.7 cm³/mol. The highest BCUT2D eigenvalue weighted by molar-refractivity contribution is 7.88. The number of imidazole rings is 1. The first kappa shape index (κ1) is 15.2. The molecule has 1 heterocycles. The molecule has 0 atom stereocenters. The van der Waals surface area contributed by atoms with Crippen LogP contribution >= 0.6 is 11.6 Å². The number of aromatic nitrogens is 2. The van der Waals surface area contributed by atoms with Gasteiger partial charge in [0, 0.05) is 19.2 Å². The van der Waals surface area contributed by atoms with Gasteiger partial charge in [0.25, 0.3) is 0 Å². The van der Waals surface area contributed by atoms with E-state index in [9.17, 15) is 12.8 Å². The number of fused-ring (bicyclic) bond motifs is 1. The summed E-state index contributed by atoms with van der Waals surface area (Å²) >= 11 is 5.84. The first-order valence-corrected chi connectivity index (χ1v) is 8.48. The topological polar surface area (TPSA) is 64.0 Å². The molecule has 8 heteroatoms. The second-order valence-electron chi connectivity index (χ2n) is 4.47. The van der Waals surface area contributed by atoms with Crippen LogP contribution in [0, 0.1) is 5.82 Å². The minimum absolute atomic E-state index is 0.218. The number of rotatable bonds is 6. The van der Waals surface area contributed by atoms with Crippen molar-refractivity contribution in [2.24, 2.45) is 0 Å². The Bertz CT molecular complexity index is 715. The van der Waals surface area contributed by atoms with Gasteiger partial charge in [-0.3, -0.25) is 0 Å². The van der Waals surface area contributed by atoms with Crippen molar-refractivity contribution in [3.8, 4) is 0 Å². The van der Waals surface area contributed by atoms with Gasteiger partial charge in [0.1, 0.15) is 11.6 Å². The van der Waals surface area contributed by atoms with E-state index >= 15 is 0 Å². The number of halogens is 2. The van der Waals surface area contributed by atoms with Crippen LogP contribution in [0.3, 0.4) is 0 Å². The number of sulfonamides is 1. The zero-order valence-corrected chi connectivity index (χ0v) is 12.5. The summed E-state index contributed by atoms with van der Waals surface area (Å²) in [7, 11) is -3.18. The summed E-state index contributed by atoms with van der Waals surface area (Å²) in [5.41, 5.74) is 1.35. The molecule has 5 nitrogen and oxygen atoms in total. The van der Waals surface area contributed by atoms with Crippen molar-refractivity contribution in [2.45, 2.75) is 18.8 Å². The molecule has 0 spiro atoms. The molecule has 1 aromatic heterocycles. The molecule has 0 fully saturated rings. The molecule has 0 unspecified atom stereocenters. The number of aryl methyl sites for hydroxylation is 1. The highest BCUT2D eigenvalue weighted by Gasteiger charge is 2.10. The fourth-order valence-corrected chi connectivity index (χ4v) is 2.72. The van der Waals surface area contributed by atoms with E-state index in [1.807, 2.05) is 4.57 Å². The van der Waals surface area contributed by atoms with Gasteiger partial charge in [0.05, 0.1) is 23.2 Å². The zero-order chi connectivity index (χ0) is 14.8. The molecular formula is C12H15ClFN3O2S. The van der Waals surface area contributed by atoms with Gasteiger partial charge < -0.3 is 4.57 Å². The lowest BCUT2D eigenvalue weighted by molar-refractivity contribution is 0.575. The third kappa shape index (κ3) is 3.68. The van der Waals surface area contributed by atoms with E-state index < -0.39 is 10.0 Å². The average molecular weight is 320 g/mol. The standard InChI is InChI=1S/C12H15ClFN3O2S/c1-20(18,19)15-5-2-6-17-11-4-3-9(14)7-10(11)16-12(17)8-13/h3-4,7,15H,2,5-6,8H2,1H3. The maximum Gasteiger partial charge on any atom is 0.208 e. The summed E-state index contributed by atoms with van der Waals surface area (Å²) in [6, 6.07) is 4.38. The van der Waals surface area contributed by atoms with Gasteiger partial charge in [-0.1, -0.05) is 0 Å². The molecule has 0 bridgehead atoms. The molecule has 0 aliphatic rings. The van der Waals surface area contributed by atoms with Crippen molar-refractivity contribution >= 4 is 32.7 Å². The molecule has 1 N–H and O–H groups in total. The summed E-state index contributed by atoms with van der Waals surface area (Å²) in [6.07, 6.45) is 1.71. The van der Waals surface area contributed by atoms with Crippen LogP contribution in [0.25, 0.3) is 11.0 Å². The molecule has 2 rings (SSSR count). The van der Waals surface area contributed by atoms with Crippen molar-refractivity contribution < 1.29 is 12.8 Å². The Morgan fingerprint density at radius 3 is 2.85 bits per heavy atom. The predicted octanol–water partition coefficient (Wildman–Crippen LogP) is 1.85. The molecule has 2 aromatic rings.